The van der Waals surface area contributed by atoms with Crippen molar-refractivity contribution in [3.8, 4) is 0 Å². The van der Waals surface area contributed by atoms with Crippen molar-refractivity contribution in [3.05, 3.63) is 107 Å². The highest BCUT2D eigenvalue weighted by Crippen LogP contribution is 2.35. The summed E-state index contributed by atoms with van der Waals surface area (Å²) in [5.41, 5.74) is 7.20. The van der Waals surface area contributed by atoms with Crippen LogP contribution in [0.4, 0.5) is 0 Å². The molecule has 0 aliphatic carbocycles. The van der Waals surface area contributed by atoms with Crippen LogP contribution in [0.1, 0.15) is 42.0 Å². The lowest BCUT2D eigenvalue weighted by atomic mass is 9.87. The molecule has 3 aromatic carbocycles. The summed E-state index contributed by atoms with van der Waals surface area (Å²) in [4.78, 5) is 17.8. The Kier molecular flexibility index (Phi) is 8.39. The Morgan fingerprint density at radius 3 is 1.90 bits per heavy atom. The molecule has 0 unspecified atom stereocenters. The van der Waals surface area contributed by atoms with Gasteiger partial charge in [0, 0.05) is 0 Å². The molecule has 0 aromatic heterocycles. The molecule has 3 aromatic rings. The first-order chi connectivity index (χ1) is 15.0. The Labute approximate surface area is 184 Å². The van der Waals surface area contributed by atoms with Crippen LogP contribution in [0, 0.1) is 0 Å². The molecule has 0 radical (unpaired) electrons. The average molecular weight is 436 g/mol. The van der Waals surface area contributed by atoms with Gasteiger partial charge in [0.1, 0.15) is 6.35 Å². The number of ether oxygens (including phenoxy) is 1. The summed E-state index contributed by atoms with van der Waals surface area (Å²) in [7, 11) is -4.12. The molecule has 31 heavy (non-hydrogen) atoms. The fraction of sp³-hybridized carbons (Fsp3) is 0.231. The van der Waals surface area contributed by atoms with Crippen LogP contribution in [0.25, 0.3) is 11.1 Å². The van der Waals surface area contributed by atoms with Crippen molar-refractivity contribution in [1.29, 1.82) is 0 Å². The van der Waals surface area contributed by atoms with Gasteiger partial charge in [-0.2, -0.15) is 0 Å². The molecule has 0 aliphatic heterocycles. The second kappa shape index (κ2) is 11.2. The van der Waals surface area contributed by atoms with Crippen LogP contribution >= 0.6 is 7.60 Å². The van der Waals surface area contributed by atoms with Crippen LogP contribution in [-0.2, 0) is 15.7 Å². The summed E-state index contributed by atoms with van der Waals surface area (Å²) in [5.74, 6) is 0. The zero-order chi connectivity index (χ0) is 22.1. The third-order valence-electron chi connectivity index (χ3n) is 5.02. The molecule has 0 spiro atoms. The second-order valence-corrected chi connectivity index (χ2v) is 9.07. The maximum Gasteiger partial charge on any atom is 0.350 e. The Morgan fingerprint density at radius 2 is 1.35 bits per heavy atom. The Bertz CT molecular complexity index is 1020. The Morgan fingerprint density at radius 1 is 0.806 bits per heavy atom. The number of allylic oxidation sites excluding steroid dienone is 1. The molecular weight excluding hydrogens is 407 g/mol. The lowest BCUT2D eigenvalue weighted by Crippen LogP contribution is -2.01. The van der Waals surface area contributed by atoms with Gasteiger partial charge in [-0.3, -0.25) is 4.57 Å². The summed E-state index contributed by atoms with van der Waals surface area (Å²) in [5, 5.41) is 0. The summed E-state index contributed by atoms with van der Waals surface area (Å²) in [6.45, 7) is 2.48. The first-order valence-corrected chi connectivity index (χ1v) is 12.3. The largest absolute Gasteiger partial charge is 0.368 e. The van der Waals surface area contributed by atoms with Gasteiger partial charge in [0.15, 0.2) is 0 Å². The fourth-order valence-electron chi connectivity index (χ4n) is 3.63. The first kappa shape index (κ1) is 23.2. The summed E-state index contributed by atoms with van der Waals surface area (Å²) in [6, 6.07) is 29.4. The third-order valence-corrected chi connectivity index (χ3v) is 5.54. The van der Waals surface area contributed by atoms with E-state index in [-0.39, 0.29) is 6.61 Å². The minimum absolute atomic E-state index is 0.275. The Hall–Kier alpha value is -2.49. The maximum absolute atomic E-state index is 10.9. The molecule has 0 heterocycles. The van der Waals surface area contributed by atoms with Gasteiger partial charge in [-0.15, -0.1) is 0 Å². The normalized spacial score (nSPS) is 12.5. The van der Waals surface area contributed by atoms with E-state index in [9.17, 15) is 4.57 Å². The molecule has 0 aliphatic rings. The van der Waals surface area contributed by atoms with Gasteiger partial charge in [0.25, 0.3) is 0 Å². The predicted octanol–water partition coefficient (Wildman–Crippen LogP) is 6.14. The van der Waals surface area contributed by atoms with Gasteiger partial charge in [0.05, 0.1) is 6.61 Å². The van der Waals surface area contributed by atoms with Crippen LogP contribution in [0.15, 0.2) is 84.9 Å². The molecule has 0 saturated heterocycles. The van der Waals surface area contributed by atoms with E-state index in [0.29, 0.717) is 6.42 Å². The third kappa shape index (κ3) is 7.02. The Balaban J connectivity index is 1.93. The van der Waals surface area contributed by atoms with E-state index >= 15 is 0 Å². The fourth-order valence-corrected chi connectivity index (χ4v) is 4.00. The van der Waals surface area contributed by atoms with E-state index in [1.54, 1.807) is 0 Å². The van der Waals surface area contributed by atoms with Gasteiger partial charge < -0.3 is 14.5 Å². The van der Waals surface area contributed by atoms with Gasteiger partial charge in [-0.1, -0.05) is 98.3 Å². The van der Waals surface area contributed by atoms with Crippen LogP contribution in [0.3, 0.4) is 0 Å². The highest BCUT2D eigenvalue weighted by molar-refractivity contribution is 7.51. The highest BCUT2D eigenvalue weighted by Gasteiger charge is 2.14. The van der Waals surface area contributed by atoms with Crippen LogP contribution in [0.5, 0.6) is 0 Å². The van der Waals surface area contributed by atoms with E-state index in [4.69, 9.17) is 14.5 Å². The molecule has 0 amide bonds. The lowest BCUT2D eigenvalue weighted by molar-refractivity contribution is 0.160. The quantitative estimate of drug-likeness (QED) is 0.228. The van der Waals surface area contributed by atoms with Crippen molar-refractivity contribution in [1.82, 2.24) is 0 Å². The minimum Gasteiger partial charge on any atom is -0.368 e. The summed E-state index contributed by atoms with van der Waals surface area (Å²) < 4.78 is 16.0. The van der Waals surface area contributed by atoms with Crippen LogP contribution < -0.4 is 0 Å². The molecule has 4 nitrogen and oxygen atoms in total. The lowest BCUT2D eigenvalue weighted by Gasteiger charge is -2.17. The van der Waals surface area contributed by atoms with Gasteiger partial charge in [0.2, 0.25) is 0 Å². The number of benzene rings is 3. The zero-order valence-corrected chi connectivity index (χ0v) is 18.7. The second-order valence-electron chi connectivity index (χ2n) is 7.48. The maximum atomic E-state index is 10.9. The van der Waals surface area contributed by atoms with E-state index in [2.05, 4.69) is 79.7 Å². The van der Waals surface area contributed by atoms with E-state index in [1.807, 2.05) is 12.1 Å². The molecule has 0 bridgehead atoms. The highest BCUT2D eigenvalue weighted by atomic mass is 31.2. The molecule has 0 fully saturated rings. The first-order valence-electron chi connectivity index (χ1n) is 10.5. The standard InChI is InChI=1S/C26H29O4P/c1-2-9-25(22-10-5-3-6-11-22)26(23-12-7-4-8-13-23)24-16-14-21(15-17-24)18-19-30-20-31(27,28)29/h3-8,10-17H,2,9,18-20H2,1H3,(H2,27,28,29)/b26-25-. The van der Waals surface area contributed by atoms with Gasteiger partial charge in [-0.05, 0) is 46.2 Å². The smallest absolute Gasteiger partial charge is 0.350 e. The van der Waals surface area contributed by atoms with Crippen molar-refractivity contribution in [3.63, 3.8) is 0 Å². The molecule has 162 valence electrons. The summed E-state index contributed by atoms with van der Waals surface area (Å²) >= 11 is 0. The zero-order valence-electron chi connectivity index (χ0n) is 17.8. The minimum atomic E-state index is -4.12. The molecule has 0 saturated carbocycles. The van der Waals surface area contributed by atoms with Gasteiger partial charge in [-0.25, -0.2) is 0 Å². The topological polar surface area (TPSA) is 66.8 Å². The van der Waals surface area contributed by atoms with E-state index in [1.165, 1.54) is 22.3 Å². The molecule has 5 heteroatoms. The molecular formula is C26H29O4P. The monoisotopic (exact) mass is 436 g/mol. The number of hydrogen-bond donors (Lipinski definition) is 2. The molecule has 3 rings (SSSR count). The van der Waals surface area contributed by atoms with E-state index < -0.39 is 13.9 Å². The predicted molar refractivity (Wildman–Crippen MR) is 127 cm³/mol. The van der Waals surface area contributed by atoms with Crippen molar-refractivity contribution in [2.75, 3.05) is 13.0 Å². The van der Waals surface area contributed by atoms with Crippen molar-refractivity contribution >= 4 is 18.7 Å². The average Bonchev–Trinajstić information content (AvgIpc) is 2.78. The molecule has 2 N–H and O–H groups in total. The van der Waals surface area contributed by atoms with Crippen LogP contribution in [-0.4, -0.2) is 22.7 Å². The number of hydrogen-bond acceptors (Lipinski definition) is 2. The van der Waals surface area contributed by atoms with Crippen molar-refractivity contribution < 1.29 is 19.1 Å². The van der Waals surface area contributed by atoms with Gasteiger partial charge >= 0.3 is 7.60 Å². The van der Waals surface area contributed by atoms with Crippen LogP contribution in [0.2, 0.25) is 0 Å². The summed E-state index contributed by atoms with van der Waals surface area (Å²) in [6.07, 6.45) is 2.09. The SMILES string of the molecule is CCC/C(=C(\c1ccccc1)c1ccc(CCOCP(=O)(O)O)cc1)c1ccccc1. The number of rotatable bonds is 10. The van der Waals surface area contributed by atoms with E-state index in [0.717, 1.165) is 24.0 Å². The van der Waals surface area contributed by atoms with Crippen molar-refractivity contribution in [2.45, 2.75) is 26.2 Å². The molecule has 0 atom stereocenters. The van der Waals surface area contributed by atoms with Crippen molar-refractivity contribution in [2.24, 2.45) is 0 Å².